The molecule has 0 rings (SSSR count). The van der Waals surface area contributed by atoms with Crippen molar-refractivity contribution in [3.05, 3.63) is 10.6 Å². The number of halogens is 1. The minimum atomic E-state index is 0.392. The van der Waals surface area contributed by atoms with Crippen molar-refractivity contribution in [3.8, 4) is 0 Å². The molecule has 0 radical (unpaired) electrons. The summed E-state index contributed by atoms with van der Waals surface area (Å²) in [6, 6.07) is 0.392. The number of nitrogens with zero attached hydrogens (tertiary/aromatic N) is 1. The second kappa shape index (κ2) is 4.67. The zero-order chi connectivity index (χ0) is 8.15. The monoisotopic (exact) mass is 203 g/mol. The Morgan fingerprint density at radius 1 is 1.40 bits per heavy atom. The summed E-state index contributed by atoms with van der Waals surface area (Å²) in [4.78, 5) is 4.33. The molecule has 0 heterocycles. The molecular formula is C8H14BrN. The van der Waals surface area contributed by atoms with Gasteiger partial charge in [-0.15, -0.1) is 0 Å². The Balaban J connectivity index is 4.08. The molecule has 0 aromatic rings. The third-order valence-electron chi connectivity index (χ3n) is 0.870. The number of aliphatic imine (C=N–C) groups is 1. The zero-order valence-electron chi connectivity index (χ0n) is 6.98. The molecule has 1 nitrogen and oxygen atoms in total. The van der Waals surface area contributed by atoms with Crippen molar-refractivity contribution in [1.82, 2.24) is 0 Å². The topological polar surface area (TPSA) is 12.4 Å². The maximum absolute atomic E-state index is 4.33. The van der Waals surface area contributed by atoms with Gasteiger partial charge in [0.2, 0.25) is 0 Å². The molecule has 0 aromatic carbocycles. The molecule has 2 heteroatoms. The van der Waals surface area contributed by atoms with Crippen LogP contribution in [-0.4, -0.2) is 11.8 Å². The molecule has 0 aromatic heterocycles. The number of hydrogen-bond donors (Lipinski definition) is 0. The highest BCUT2D eigenvalue weighted by Gasteiger charge is 1.88. The van der Waals surface area contributed by atoms with Crippen LogP contribution in [0.2, 0.25) is 0 Å². The zero-order valence-corrected chi connectivity index (χ0v) is 8.57. The van der Waals surface area contributed by atoms with Crippen molar-refractivity contribution in [2.24, 2.45) is 4.99 Å². The van der Waals surface area contributed by atoms with E-state index in [0.717, 1.165) is 10.2 Å². The van der Waals surface area contributed by atoms with Crippen LogP contribution in [0.4, 0.5) is 0 Å². The molecule has 0 atom stereocenters. The molecule has 58 valence electrons. The lowest BCUT2D eigenvalue weighted by Gasteiger charge is -1.97. The Morgan fingerprint density at radius 2 is 1.90 bits per heavy atom. The van der Waals surface area contributed by atoms with Gasteiger partial charge >= 0.3 is 0 Å². The van der Waals surface area contributed by atoms with Crippen molar-refractivity contribution in [3.63, 3.8) is 0 Å². The smallest absolute Gasteiger partial charge is 0.0446 e. The summed E-state index contributed by atoms with van der Waals surface area (Å²) < 4.78 is 1.12. The molecule has 0 spiro atoms. The van der Waals surface area contributed by atoms with Gasteiger partial charge in [-0.1, -0.05) is 15.9 Å². The molecule has 0 aliphatic rings. The van der Waals surface area contributed by atoms with Crippen molar-refractivity contribution < 1.29 is 0 Å². The van der Waals surface area contributed by atoms with Gasteiger partial charge in [0, 0.05) is 11.8 Å². The van der Waals surface area contributed by atoms with E-state index in [2.05, 4.69) is 34.8 Å². The summed E-state index contributed by atoms with van der Waals surface area (Å²) >= 11 is 3.35. The van der Waals surface area contributed by atoms with Crippen molar-refractivity contribution in [2.75, 3.05) is 0 Å². The number of hydrogen-bond acceptors (Lipinski definition) is 1. The van der Waals surface area contributed by atoms with Crippen molar-refractivity contribution >= 4 is 21.6 Å². The van der Waals surface area contributed by atoms with Gasteiger partial charge < -0.3 is 0 Å². The molecule has 0 aliphatic carbocycles. The largest absolute Gasteiger partial charge is 0.287 e. The van der Waals surface area contributed by atoms with Gasteiger partial charge in [0.25, 0.3) is 0 Å². The molecule has 0 fully saturated rings. The predicted octanol–water partition coefficient (Wildman–Crippen LogP) is 3.15. The van der Waals surface area contributed by atoms with E-state index in [-0.39, 0.29) is 0 Å². The molecule has 0 aliphatic heterocycles. The highest BCUT2D eigenvalue weighted by molar-refractivity contribution is 9.11. The second-order valence-electron chi connectivity index (χ2n) is 2.60. The first-order valence-electron chi connectivity index (χ1n) is 3.40. The van der Waals surface area contributed by atoms with Crippen LogP contribution >= 0.6 is 15.9 Å². The summed E-state index contributed by atoms with van der Waals surface area (Å²) in [6.07, 6.45) is 2.01. The molecule has 0 amide bonds. The maximum Gasteiger partial charge on any atom is 0.0446 e. The first-order chi connectivity index (χ1) is 4.52. The highest BCUT2D eigenvalue weighted by Crippen LogP contribution is 2.02. The van der Waals surface area contributed by atoms with Crippen LogP contribution in [0.25, 0.3) is 0 Å². The first kappa shape index (κ1) is 9.89. The van der Waals surface area contributed by atoms with Gasteiger partial charge in [-0.3, -0.25) is 4.99 Å². The standard InChI is InChI=1S/C8H14BrN/c1-6(2)10-8(4)5-7(3)9/h5-6H,1-4H3/b7-5+,10-8?. The molecule has 0 bridgehead atoms. The van der Waals surface area contributed by atoms with Crippen LogP contribution in [0.3, 0.4) is 0 Å². The van der Waals surface area contributed by atoms with E-state index >= 15 is 0 Å². The van der Waals surface area contributed by atoms with Gasteiger partial charge in [-0.25, -0.2) is 0 Å². The predicted molar refractivity (Wildman–Crippen MR) is 50.9 cm³/mol. The highest BCUT2D eigenvalue weighted by atomic mass is 79.9. The third kappa shape index (κ3) is 6.02. The summed E-state index contributed by atoms with van der Waals surface area (Å²) in [7, 11) is 0. The van der Waals surface area contributed by atoms with Crippen LogP contribution in [0.1, 0.15) is 27.7 Å². The van der Waals surface area contributed by atoms with Crippen LogP contribution < -0.4 is 0 Å². The van der Waals surface area contributed by atoms with Crippen LogP contribution in [0, 0.1) is 0 Å². The summed E-state index contributed by atoms with van der Waals surface area (Å²) in [5, 5.41) is 0. The normalized spacial score (nSPS) is 14.6. The van der Waals surface area contributed by atoms with Gasteiger partial charge in [-0.05, 0) is 38.3 Å². The quantitative estimate of drug-likeness (QED) is 0.612. The van der Waals surface area contributed by atoms with E-state index < -0.39 is 0 Å². The molecule has 10 heavy (non-hydrogen) atoms. The summed E-state index contributed by atoms with van der Waals surface area (Å²) in [6.45, 7) is 8.14. The fourth-order valence-electron chi connectivity index (χ4n) is 0.732. The van der Waals surface area contributed by atoms with Crippen LogP contribution in [0.5, 0.6) is 0 Å². The van der Waals surface area contributed by atoms with Gasteiger partial charge in [0.05, 0.1) is 0 Å². The third-order valence-corrected chi connectivity index (χ3v) is 1.10. The number of rotatable bonds is 2. The van der Waals surface area contributed by atoms with Crippen molar-refractivity contribution in [1.29, 1.82) is 0 Å². The molecule has 0 N–H and O–H groups in total. The van der Waals surface area contributed by atoms with E-state index in [1.807, 2.05) is 19.9 Å². The maximum atomic E-state index is 4.33. The van der Waals surface area contributed by atoms with E-state index in [9.17, 15) is 0 Å². The first-order valence-corrected chi connectivity index (χ1v) is 4.20. The lowest BCUT2D eigenvalue weighted by Crippen LogP contribution is -1.94. The van der Waals surface area contributed by atoms with Gasteiger partial charge in [0.1, 0.15) is 0 Å². The molecular weight excluding hydrogens is 190 g/mol. The summed E-state index contributed by atoms with van der Waals surface area (Å²) in [5.74, 6) is 0. The second-order valence-corrected chi connectivity index (χ2v) is 3.85. The van der Waals surface area contributed by atoms with E-state index in [4.69, 9.17) is 0 Å². The lowest BCUT2D eigenvalue weighted by molar-refractivity contribution is 0.836. The Kier molecular flexibility index (Phi) is 4.62. The average molecular weight is 204 g/mol. The van der Waals surface area contributed by atoms with E-state index in [1.54, 1.807) is 0 Å². The molecule has 0 saturated carbocycles. The minimum Gasteiger partial charge on any atom is -0.287 e. The van der Waals surface area contributed by atoms with Crippen molar-refractivity contribution in [2.45, 2.75) is 33.7 Å². The Hall–Kier alpha value is -0.110. The number of allylic oxidation sites excluding steroid dienone is 2. The van der Waals surface area contributed by atoms with Gasteiger partial charge in [-0.2, -0.15) is 0 Å². The van der Waals surface area contributed by atoms with Crippen LogP contribution in [0.15, 0.2) is 15.6 Å². The Labute approximate surface area is 71.4 Å². The molecule has 0 saturated heterocycles. The van der Waals surface area contributed by atoms with Crippen LogP contribution in [-0.2, 0) is 0 Å². The van der Waals surface area contributed by atoms with Gasteiger partial charge in [0.15, 0.2) is 0 Å². The summed E-state index contributed by atoms with van der Waals surface area (Å²) in [5.41, 5.74) is 1.07. The Bertz CT molecular complexity index is 153. The average Bonchev–Trinajstić information content (AvgIpc) is 1.58. The fraction of sp³-hybridized carbons (Fsp3) is 0.625. The Morgan fingerprint density at radius 3 is 2.20 bits per heavy atom. The van der Waals surface area contributed by atoms with E-state index in [1.165, 1.54) is 0 Å². The lowest BCUT2D eigenvalue weighted by atomic mass is 10.3. The SMILES string of the molecule is CC(/C=C(\C)Br)=NC(C)C. The minimum absolute atomic E-state index is 0.392. The molecule has 0 unspecified atom stereocenters. The van der Waals surface area contributed by atoms with E-state index in [0.29, 0.717) is 6.04 Å². The fourth-order valence-corrected chi connectivity index (χ4v) is 1.06.